The number of nitrogen functional groups attached to an aromatic ring is 1. The van der Waals surface area contributed by atoms with E-state index >= 15 is 0 Å². The van der Waals surface area contributed by atoms with Crippen molar-refractivity contribution in [3.05, 3.63) is 47.0 Å². The molecule has 0 aliphatic carbocycles. The van der Waals surface area contributed by atoms with E-state index in [1.165, 1.54) is 0 Å². The van der Waals surface area contributed by atoms with Gasteiger partial charge < -0.3 is 24.8 Å². The Morgan fingerprint density at radius 2 is 1.66 bits per heavy atom. The number of carbonyl (C=O) groups excluding carboxylic acids is 1. The van der Waals surface area contributed by atoms with Gasteiger partial charge in [-0.05, 0) is 42.3 Å². The Bertz CT molecular complexity index is 917. The highest BCUT2D eigenvalue weighted by Gasteiger charge is 2.20. The number of carbonyl (C=O) groups is 1. The van der Waals surface area contributed by atoms with Crippen LogP contribution in [0.25, 0.3) is 6.08 Å². The zero-order valence-electron chi connectivity index (χ0n) is 18.2. The molecule has 0 aliphatic heterocycles. The van der Waals surface area contributed by atoms with Gasteiger partial charge in [-0.25, -0.2) is 0 Å². The second-order valence-corrected chi connectivity index (χ2v) is 7.18. The first-order valence-electron chi connectivity index (χ1n) is 9.37. The summed E-state index contributed by atoms with van der Waals surface area (Å²) in [6.45, 7) is 3.96. The van der Waals surface area contributed by atoms with Crippen LogP contribution in [0.1, 0.15) is 29.8 Å². The number of hydrogen-bond donors (Lipinski definition) is 1. The van der Waals surface area contributed by atoms with Crippen molar-refractivity contribution in [3.63, 3.8) is 0 Å². The van der Waals surface area contributed by atoms with Crippen molar-refractivity contribution >= 4 is 23.2 Å². The quantitative estimate of drug-likeness (QED) is 0.406. The van der Waals surface area contributed by atoms with Gasteiger partial charge >= 0.3 is 0 Å². The summed E-state index contributed by atoms with van der Waals surface area (Å²) in [6.07, 6.45) is 1.84. The van der Waals surface area contributed by atoms with E-state index in [2.05, 4.69) is 0 Å². The van der Waals surface area contributed by atoms with Crippen molar-refractivity contribution in [1.82, 2.24) is 0 Å². The number of ether oxygens (including phenoxy) is 3. The third kappa shape index (κ3) is 4.65. The lowest BCUT2D eigenvalue weighted by Gasteiger charge is -2.18. The largest absolute Gasteiger partial charge is 0.493 e. The second-order valence-electron chi connectivity index (χ2n) is 7.18. The summed E-state index contributed by atoms with van der Waals surface area (Å²) < 4.78 is 16.3. The lowest BCUT2D eigenvalue weighted by Crippen LogP contribution is -2.13. The van der Waals surface area contributed by atoms with Gasteiger partial charge in [0, 0.05) is 30.8 Å². The topological polar surface area (TPSA) is 74.0 Å². The summed E-state index contributed by atoms with van der Waals surface area (Å²) >= 11 is 0. The van der Waals surface area contributed by atoms with Gasteiger partial charge in [-0.1, -0.05) is 13.8 Å². The maximum Gasteiger partial charge on any atom is 0.203 e. The van der Waals surface area contributed by atoms with Gasteiger partial charge in [-0.2, -0.15) is 0 Å². The lowest BCUT2D eigenvalue weighted by molar-refractivity contribution is 0.102. The molecule has 2 N–H and O–H groups in total. The molecule has 6 heteroatoms. The highest BCUT2D eigenvalue weighted by atomic mass is 16.5. The molecule has 0 saturated heterocycles. The highest BCUT2D eigenvalue weighted by Crippen LogP contribution is 2.41. The molecule has 29 heavy (non-hydrogen) atoms. The van der Waals surface area contributed by atoms with Crippen molar-refractivity contribution in [1.29, 1.82) is 0 Å². The van der Waals surface area contributed by atoms with E-state index in [0.717, 1.165) is 11.3 Å². The van der Waals surface area contributed by atoms with E-state index in [-0.39, 0.29) is 11.7 Å². The number of Topliss-reactive ketones (excluding diaryl/α,β-unsaturated/α-hetero) is 1. The number of anilines is 2. The van der Waals surface area contributed by atoms with Gasteiger partial charge in [0.15, 0.2) is 17.3 Å². The van der Waals surface area contributed by atoms with Gasteiger partial charge in [0.1, 0.15) is 0 Å². The van der Waals surface area contributed by atoms with Crippen LogP contribution >= 0.6 is 0 Å². The van der Waals surface area contributed by atoms with E-state index < -0.39 is 0 Å². The normalized spacial score (nSPS) is 11.4. The van der Waals surface area contributed by atoms with Crippen molar-refractivity contribution in [2.24, 2.45) is 5.92 Å². The number of nitrogens with zero attached hydrogens (tertiary/aromatic N) is 1. The Morgan fingerprint density at radius 1 is 1.00 bits per heavy atom. The average Bonchev–Trinajstić information content (AvgIpc) is 2.69. The number of rotatable bonds is 8. The van der Waals surface area contributed by atoms with Crippen LogP contribution in [0.15, 0.2) is 35.9 Å². The molecule has 0 bridgehead atoms. The Labute approximate surface area is 172 Å². The summed E-state index contributed by atoms with van der Waals surface area (Å²) in [5.41, 5.74) is 9.51. The Hall–Kier alpha value is -3.15. The molecule has 2 aromatic rings. The van der Waals surface area contributed by atoms with Gasteiger partial charge in [0.25, 0.3) is 0 Å². The van der Waals surface area contributed by atoms with Crippen LogP contribution in [0.4, 0.5) is 11.4 Å². The summed E-state index contributed by atoms with van der Waals surface area (Å²) in [7, 11) is 8.51. The van der Waals surface area contributed by atoms with E-state index in [1.807, 2.05) is 51.1 Å². The van der Waals surface area contributed by atoms with Crippen molar-refractivity contribution in [2.45, 2.75) is 13.8 Å². The standard InChI is InChI=1S/C23H30N2O4/c1-14(2)17(21(26)15-8-10-19(25(3)4)18(24)13-15)12-16-9-11-20(27-5)23(29-7)22(16)28-6/h8-14H,24H2,1-7H3. The second kappa shape index (κ2) is 9.37. The number of nitrogens with two attached hydrogens (primary N) is 1. The molecule has 2 aromatic carbocycles. The average molecular weight is 399 g/mol. The van der Waals surface area contributed by atoms with Crippen LogP contribution in [0.5, 0.6) is 17.2 Å². The fourth-order valence-electron chi connectivity index (χ4n) is 3.17. The van der Waals surface area contributed by atoms with E-state index in [4.69, 9.17) is 19.9 Å². The molecular formula is C23H30N2O4. The molecule has 2 rings (SSSR count). The maximum atomic E-state index is 13.3. The smallest absolute Gasteiger partial charge is 0.203 e. The van der Waals surface area contributed by atoms with Crippen LogP contribution in [-0.4, -0.2) is 41.2 Å². The molecule has 0 atom stereocenters. The van der Waals surface area contributed by atoms with Gasteiger partial charge in [-0.3, -0.25) is 4.79 Å². The first-order valence-corrected chi connectivity index (χ1v) is 9.37. The molecule has 0 aromatic heterocycles. The van der Waals surface area contributed by atoms with Crippen LogP contribution in [0, 0.1) is 5.92 Å². The fourth-order valence-corrected chi connectivity index (χ4v) is 3.17. The first kappa shape index (κ1) is 22.1. The van der Waals surface area contributed by atoms with Crippen LogP contribution in [0.3, 0.4) is 0 Å². The van der Waals surface area contributed by atoms with E-state index in [0.29, 0.717) is 34.1 Å². The van der Waals surface area contributed by atoms with Crippen molar-refractivity contribution in [2.75, 3.05) is 46.1 Å². The maximum absolute atomic E-state index is 13.3. The van der Waals surface area contributed by atoms with Crippen LogP contribution in [-0.2, 0) is 0 Å². The summed E-state index contributed by atoms with van der Waals surface area (Å²) in [6, 6.07) is 9.02. The molecule has 0 amide bonds. The highest BCUT2D eigenvalue weighted by molar-refractivity contribution is 6.12. The molecule has 0 aliphatic rings. The molecule has 0 heterocycles. The van der Waals surface area contributed by atoms with Crippen LogP contribution < -0.4 is 24.8 Å². The number of methoxy groups -OCH3 is 3. The molecule has 156 valence electrons. The Balaban J connectivity index is 2.56. The predicted molar refractivity (Wildman–Crippen MR) is 118 cm³/mol. The van der Waals surface area contributed by atoms with Crippen molar-refractivity contribution in [3.8, 4) is 17.2 Å². The molecular weight excluding hydrogens is 368 g/mol. The molecule has 0 fully saturated rings. The predicted octanol–water partition coefficient (Wildman–Crippen LogP) is 4.28. The number of hydrogen-bond acceptors (Lipinski definition) is 6. The van der Waals surface area contributed by atoms with E-state index in [9.17, 15) is 4.79 Å². The van der Waals surface area contributed by atoms with Gasteiger partial charge in [0.2, 0.25) is 5.75 Å². The molecule has 0 spiro atoms. The number of ketones is 1. The minimum absolute atomic E-state index is 0.00458. The van der Waals surface area contributed by atoms with Gasteiger partial charge in [-0.15, -0.1) is 0 Å². The third-order valence-corrected chi connectivity index (χ3v) is 4.70. The Kier molecular flexibility index (Phi) is 7.15. The minimum Gasteiger partial charge on any atom is -0.493 e. The molecule has 0 unspecified atom stereocenters. The number of allylic oxidation sites excluding steroid dienone is 1. The molecule has 0 radical (unpaired) electrons. The number of benzene rings is 2. The first-order chi connectivity index (χ1) is 13.7. The van der Waals surface area contributed by atoms with Crippen molar-refractivity contribution < 1.29 is 19.0 Å². The van der Waals surface area contributed by atoms with Crippen LogP contribution in [0.2, 0.25) is 0 Å². The zero-order chi connectivity index (χ0) is 21.7. The van der Waals surface area contributed by atoms with E-state index in [1.54, 1.807) is 39.5 Å². The summed E-state index contributed by atoms with van der Waals surface area (Å²) in [4.78, 5) is 15.2. The lowest BCUT2D eigenvalue weighted by atomic mass is 9.91. The molecule has 6 nitrogen and oxygen atoms in total. The summed E-state index contributed by atoms with van der Waals surface area (Å²) in [5.74, 6) is 1.48. The minimum atomic E-state index is -0.0751. The van der Waals surface area contributed by atoms with Gasteiger partial charge in [0.05, 0.1) is 32.7 Å². The zero-order valence-corrected chi connectivity index (χ0v) is 18.2. The molecule has 0 saturated carbocycles. The SMILES string of the molecule is COc1ccc(C=C(C(=O)c2ccc(N(C)C)c(N)c2)C(C)C)c(OC)c1OC. The monoisotopic (exact) mass is 398 g/mol. The fraction of sp³-hybridized carbons (Fsp3) is 0.348. The summed E-state index contributed by atoms with van der Waals surface area (Å²) in [5, 5.41) is 0. The third-order valence-electron chi connectivity index (χ3n) is 4.70. The Morgan fingerprint density at radius 3 is 2.14 bits per heavy atom.